The second-order valence-electron chi connectivity index (χ2n) is 5.85. The van der Waals surface area contributed by atoms with Crippen LogP contribution in [0.25, 0.3) is 0 Å². The summed E-state index contributed by atoms with van der Waals surface area (Å²) >= 11 is 0. The number of amides is 1. The normalized spacial score (nSPS) is 17.5. The fraction of sp³-hybridized carbons (Fsp3) is 0.533. The first kappa shape index (κ1) is 17.1. The molecule has 0 radical (unpaired) electrons. The summed E-state index contributed by atoms with van der Waals surface area (Å²) in [5, 5.41) is 10.8. The van der Waals surface area contributed by atoms with Gasteiger partial charge in [0.25, 0.3) is 5.56 Å². The quantitative estimate of drug-likeness (QED) is 0.698. The van der Waals surface area contributed by atoms with Gasteiger partial charge in [-0.3, -0.25) is 9.59 Å². The maximum Gasteiger partial charge on any atom is 0.268 e. The van der Waals surface area contributed by atoms with Gasteiger partial charge in [-0.1, -0.05) is 0 Å². The van der Waals surface area contributed by atoms with E-state index in [-0.39, 0.29) is 24.1 Å². The van der Waals surface area contributed by atoms with Crippen LogP contribution < -0.4 is 15.8 Å². The van der Waals surface area contributed by atoms with Crippen LogP contribution in [0.1, 0.15) is 6.42 Å². The van der Waals surface area contributed by atoms with E-state index in [2.05, 4.69) is 25.4 Å². The van der Waals surface area contributed by atoms with E-state index in [1.54, 1.807) is 19.3 Å². The molecule has 134 valence electrons. The summed E-state index contributed by atoms with van der Waals surface area (Å²) in [5.74, 6) is -0.117. The van der Waals surface area contributed by atoms with Crippen LogP contribution >= 0.6 is 0 Å². The van der Waals surface area contributed by atoms with Gasteiger partial charge in [-0.25, -0.2) is 14.3 Å². The Labute approximate surface area is 144 Å². The van der Waals surface area contributed by atoms with Gasteiger partial charge < -0.3 is 15.0 Å². The number of carbonyl (C=O) groups is 1. The zero-order valence-corrected chi connectivity index (χ0v) is 14.0. The van der Waals surface area contributed by atoms with Crippen molar-refractivity contribution < 1.29 is 9.53 Å². The third-order valence-corrected chi connectivity index (χ3v) is 4.02. The molecule has 2 aromatic rings. The molecule has 1 aliphatic rings. The van der Waals surface area contributed by atoms with Gasteiger partial charge in [-0.2, -0.15) is 10.2 Å². The Morgan fingerprint density at radius 3 is 3.08 bits per heavy atom. The second-order valence-corrected chi connectivity index (χ2v) is 5.85. The van der Waals surface area contributed by atoms with Crippen molar-refractivity contribution in [2.75, 3.05) is 31.1 Å². The van der Waals surface area contributed by atoms with Gasteiger partial charge in [0.05, 0.1) is 24.6 Å². The van der Waals surface area contributed by atoms with Crippen molar-refractivity contribution >= 4 is 11.6 Å². The van der Waals surface area contributed by atoms with Crippen LogP contribution in [0.5, 0.6) is 0 Å². The van der Waals surface area contributed by atoms with Gasteiger partial charge in [-0.05, 0) is 6.42 Å². The molecule has 0 spiro atoms. The van der Waals surface area contributed by atoms with Gasteiger partial charge in [-0.15, -0.1) is 0 Å². The Morgan fingerprint density at radius 1 is 1.44 bits per heavy atom. The lowest BCUT2D eigenvalue weighted by atomic mass is 10.2. The number of morpholine rings is 1. The highest BCUT2D eigenvalue weighted by Crippen LogP contribution is 2.16. The minimum absolute atomic E-state index is 0.00974. The number of aromatic nitrogens is 5. The highest BCUT2D eigenvalue weighted by molar-refractivity contribution is 5.75. The highest BCUT2D eigenvalue weighted by Gasteiger charge is 2.21. The Balaban J connectivity index is 1.46. The van der Waals surface area contributed by atoms with Crippen molar-refractivity contribution in [3.05, 3.63) is 35.3 Å². The lowest BCUT2D eigenvalue weighted by molar-refractivity contribution is -0.122. The molecule has 0 aliphatic carbocycles. The molecule has 3 heterocycles. The number of rotatable bonds is 6. The summed E-state index contributed by atoms with van der Waals surface area (Å²) in [4.78, 5) is 29.4. The molecule has 0 bridgehead atoms. The van der Waals surface area contributed by atoms with Crippen molar-refractivity contribution in [1.29, 1.82) is 0 Å². The third-order valence-electron chi connectivity index (χ3n) is 4.02. The number of nitrogens with zero attached hydrogens (tertiary/aromatic N) is 6. The lowest BCUT2D eigenvalue weighted by Crippen LogP contribution is -2.44. The zero-order chi connectivity index (χ0) is 17.6. The van der Waals surface area contributed by atoms with E-state index < -0.39 is 0 Å². The van der Waals surface area contributed by atoms with Crippen molar-refractivity contribution in [1.82, 2.24) is 29.9 Å². The van der Waals surface area contributed by atoms with Crippen LogP contribution in [-0.4, -0.2) is 62.8 Å². The van der Waals surface area contributed by atoms with Crippen molar-refractivity contribution in [3.63, 3.8) is 0 Å². The van der Waals surface area contributed by atoms with Crippen molar-refractivity contribution in [2.45, 2.75) is 19.1 Å². The van der Waals surface area contributed by atoms with Crippen molar-refractivity contribution in [3.8, 4) is 0 Å². The molecule has 1 fully saturated rings. The standard InChI is InChI=1S/C15H21N7O3/c1-20-15(24)6-12(7-18-20)21-4-5-25-13(8-21)2-3-17-14(23)9-22-11-16-10-19-22/h6-7,10-11,13H,2-5,8-9H2,1H3,(H,17,23). The number of anilines is 1. The molecule has 0 aromatic carbocycles. The number of hydrogen-bond acceptors (Lipinski definition) is 7. The molecule has 10 nitrogen and oxygen atoms in total. The monoisotopic (exact) mass is 347 g/mol. The average molecular weight is 347 g/mol. The molecule has 1 unspecified atom stereocenters. The van der Waals surface area contributed by atoms with E-state index in [0.717, 1.165) is 5.69 Å². The second kappa shape index (κ2) is 7.88. The van der Waals surface area contributed by atoms with Gasteiger partial charge in [0.15, 0.2) is 0 Å². The lowest BCUT2D eigenvalue weighted by Gasteiger charge is -2.34. The minimum atomic E-state index is -0.138. The van der Waals surface area contributed by atoms with E-state index >= 15 is 0 Å². The predicted octanol–water partition coefficient (Wildman–Crippen LogP) is -1.22. The topological polar surface area (TPSA) is 107 Å². The summed E-state index contributed by atoms with van der Waals surface area (Å²) < 4.78 is 8.51. The summed E-state index contributed by atoms with van der Waals surface area (Å²) in [6.45, 7) is 2.61. The Bertz CT molecular complexity index is 759. The SMILES string of the molecule is Cn1ncc(N2CCOC(CCNC(=O)Cn3cncn3)C2)cc1=O. The number of hydrogen-bond donors (Lipinski definition) is 1. The zero-order valence-electron chi connectivity index (χ0n) is 14.0. The number of nitrogens with one attached hydrogen (secondary N) is 1. The molecule has 0 saturated carbocycles. The number of carbonyl (C=O) groups excluding carboxylic acids is 1. The van der Waals surface area contributed by atoms with Crippen LogP contribution in [0, 0.1) is 0 Å². The summed E-state index contributed by atoms with van der Waals surface area (Å²) in [5.41, 5.74) is 0.660. The number of ether oxygens (including phenoxy) is 1. The molecular formula is C15H21N7O3. The van der Waals surface area contributed by atoms with Gasteiger partial charge in [0.1, 0.15) is 19.2 Å². The smallest absolute Gasteiger partial charge is 0.268 e. The van der Waals surface area contributed by atoms with E-state index in [1.165, 1.54) is 22.0 Å². The molecule has 10 heteroatoms. The molecule has 1 aliphatic heterocycles. The predicted molar refractivity (Wildman–Crippen MR) is 89.1 cm³/mol. The van der Waals surface area contributed by atoms with Gasteiger partial charge in [0, 0.05) is 32.7 Å². The molecule has 25 heavy (non-hydrogen) atoms. The molecule has 3 rings (SSSR count). The van der Waals surface area contributed by atoms with Gasteiger partial charge in [0.2, 0.25) is 5.91 Å². The summed E-state index contributed by atoms with van der Waals surface area (Å²) in [6.07, 6.45) is 5.26. The van der Waals surface area contributed by atoms with Crippen LogP contribution in [-0.2, 0) is 23.1 Å². The van der Waals surface area contributed by atoms with E-state index in [9.17, 15) is 9.59 Å². The average Bonchev–Trinajstić information content (AvgIpc) is 3.10. The van der Waals surface area contributed by atoms with E-state index in [0.29, 0.717) is 32.7 Å². The largest absolute Gasteiger partial charge is 0.374 e. The van der Waals surface area contributed by atoms with E-state index in [1.807, 2.05) is 0 Å². The Kier molecular flexibility index (Phi) is 5.39. The first-order valence-corrected chi connectivity index (χ1v) is 8.11. The van der Waals surface area contributed by atoms with Gasteiger partial charge >= 0.3 is 0 Å². The first-order chi connectivity index (χ1) is 12.1. The first-order valence-electron chi connectivity index (χ1n) is 8.11. The fourth-order valence-electron chi connectivity index (χ4n) is 2.65. The molecule has 1 amide bonds. The molecule has 1 N–H and O–H groups in total. The highest BCUT2D eigenvalue weighted by atomic mass is 16.5. The Hall–Kier alpha value is -2.75. The molecule has 1 saturated heterocycles. The number of aryl methyl sites for hydroxylation is 1. The molecule has 2 aromatic heterocycles. The Morgan fingerprint density at radius 2 is 2.32 bits per heavy atom. The maximum atomic E-state index is 11.8. The van der Waals surface area contributed by atoms with Crippen LogP contribution in [0.15, 0.2) is 29.7 Å². The minimum Gasteiger partial charge on any atom is -0.374 e. The van der Waals surface area contributed by atoms with Crippen LogP contribution in [0.3, 0.4) is 0 Å². The fourth-order valence-corrected chi connectivity index (χ4v) is 2.65. The van der Waals surface area contributed by atoms with E-state index in [4.69, 9.17) is 4.74 Å². The summed E-state index contributed by atoms with van der Waals surface area (Å²) in [6, 6.07) is 1.58. The van der Waals surface area contributed by atoms with Crippen LogP contribution in [0.4, 0.5) is 5.69 Å². The van der Waals surface area contributed by atoms with Crippen molar-refractivity contribution in [2.24, 2.45) is 7.05 Å². The maximum absolute atomic E-state index is 11.8. The molecular weight excluding hydrogens is 326 g/mol. The molecule has 1 atom stereocenters. The third kappa shape index (κ3) is 4.63. The summed E-state index contributed by atoms with van der Waals surface area (Å²) in [7, 11) is 1.62. The van der Waals surface area contributed by atoms with Crippen LogP contribution in [0.2, 0.25) is 0 Å².